The zero-order valence-electron chi connectivity index (χ0n) is 10.4. The molecule has 2 rings (SSSR count). The number of benzene rings is 1. The molecule has 1 atom stereocenters. The van der Waals surface area contributed by atoms with Crippen molar-refractivity contribution in [2.75, 3.05) is 23.4 Å². The Morgan fingerprint density at radius 1 is 1.16 bits per heavy atom. The highest BCUT2D eigenvalue weighted by Gasteiger charge is 2.29. The van der Waals surface area contributed by atoms with E-state index in [0.29, 0.717) is 5.69 Å². The van der Waals surface area contributed by atoms with Gasteiger partial charge in [0.15, 0.2) is 0 Å². The molecule has 1 fully saturated rings. The van der Waals surface area contributed by atoms with E-state index in [-0.39, 0.29) is 37.8 Å². The van der Waals surface area contributed by atoms with Crippen LogP contribution in [0.2, 0.25) is 0 Å². The third-order valence-electron chi connectivity index (χ3n) is 2.93. The Morgan fingerprint density at radius 3 is 2.26 bits per heavy atom. The van der Waals surface area contributed by atoms with Crippen molar-refractivity contribution in [3.05, 3.63) is 24.3 Å². The molecule has 0 bridgehead atoms. The van der Waals surface area contributed by atoms with Crippen LogP contribution < -0.4 is 10.2 Å². The van der Waals surface area contributed by atoms with E-state index in [1.807, 2.05) is 0 Å². The van der Waals surface area contributed by atoms with E-state index < -0.39 is 6.10 Å². The van der Waals surface area contributed by atoms with E-state index in [4.69, 9.17) is 5.11 Å². The van der Waals surface area contributed by atoms with Crippen LogP contribution in [0.3, 0.4) is 0 Å². The Morgan fingerprint density at radius 2 is 1.74 bits per heavy atom. The van der Waals surface area contributed by atoms with Crippen molar-refractivity contribution < 1.29 is 19.8 Å². The van der Waals surface area contributed by atoms with Crippen LogP contribution in [0.5, 0.6) is 0 Å². The second-order valence-electron chi connectivity index (χ2n) is 4.39. The van der Waals surface area contributed by atoms with E-state index in [9.17, 15) is 14.7 Å². The van der Waals surface area contributed by atoms with Gasteiger partial charge in [0.25, 0.3) is 0 Å². The van der Waals surface area contributed by atoms with E-state index in [2.05, 4.69) is 5.32 Å². The molecule has 6 heteroatoms. The summed E-state index contributed by atoms with van der Waals surface area (Å²) >= 11 is 0. The lowest BCUT2D eigenvalue weighted by Crippen LogP contribution is -2.28. The van der Waals surface area contributed by atoms with E-state index >= 15 is 0 Å². The monoisotopic (exact) mass is 264 g/mol. The van der Waals surface area contributed by atoms with Gasteiger partial charge in [0.1, 0.15) is 0 Å². The second-order valence-corrected chi connectivity index (χ2v) is 4.39. The largest absolute Gasteiger partial charge is 0.394 e. The molecule has 1 saturated heterocycles. The third kappa shape index (κ3) is 3.10. The minimum absolute atomic E-state index is 0.179. The number of aliphatic hydroxyl groups is 2. The molecule has 102 valence electrons. The Labute approximate surface area is 110 Å². The molecule has 0 aliphatic carbocycles. The minimum atomic E-state index is -0.818. The van der Waals surface area contributed by atoms with Crippen LogP contribution in [0.25, 0.3) is 0 Å². The number of anilines is 2. The van der Waals surface area contributed by atoms with Gasteiger partial charge < -0.3 is 15.5 Å². The van der Waals surface area contributed by atoms with Crippen LogP contribution in [0.15, 0.2) is 24.3 Å². The van der Waals surface area contributed by atoms with Crippen LogP contribution in [0.4, 0.5) is 11.4 Å². The lowest BCUT2D eigenvalue weighted by Gasteiger charge is -2.15. The molecule has 6 nitrogen and oxygen atoms in total. The quantitative estimate of drug-likeness (QED) is 0.656. The maximum Gasteiger partial charge on any atom is 0.234 e. The van der Waals surface area contributed by atoms with Crippen molar-refractivity contribution in [1.82, 2.24) is 0 Å². The minimum Gasteiger partial charge on any atom is -0.394 e. The average molecular weight is 264 g/mol. The van der Waals surface area contributed by atoms with Gasteiger partial charge in [0.05, 0.1) is 18.4 Å². The van der Waals surface area contributed by atoms with Gasteiger partial charge in [-0.3, -0.25) is 14.5 Å². The van der Waals surface area contributed by atoms with Gasteiger partial charge in [-0.2, -0.15) is 0 Å². The zero-order chi connectivity index (χ0) is 13.8. The number of hydrogen-bond donors (Lipinski definition) is 3. The van der Waals surface area contributed by atoms with E-state index in [0.717, 1.165) is 5.69 Å². The lowest BCUT2D eigenvalue weighted by molar-refractivity contribution is -0.121. The summed E-state index contributed by atoms with van der Waals surface area (Å²) in [5.74, 6) is -0.358. The molecule has 0 aromatic heterocycles. The molecule has 1 aromatic rings. The number of hydrogen-bond acceptors (Lipinski definition) is 5. The SMILES string of the molecule is O=C1CCC(=O)N1c1ccc(NCC(O)CO)cc1. The highest BCUT2D eigenvalue weighted by atomic mass is 16.3. The molecule has 0 spiro atoms. The van der Waals surface area contributed by atoms with Gasteiger partial charge in [0.2, 0.25) is 11.8 Å². The first-order valence-electron chi connectivity index (χ1n) is 6.10. The molecule has 1 heterocycles. The van der Waals surface area contributed by atoms with E-state index in [1.54, 1.807) is 24.3 Å². The molecular weight excluding hydrogens is 248 g/mol. The third-order valence-corrected chi connectivity index (χ3v) is 2.93. The fraction of sp³-hybridized carbons (Fsp3) is 0.385. The van der Waals surface area contributed by atoms with Gasteiger partial charge in [0, 0.05) is 25.1 Å². The predicted octanol–water partition coefficient (Wildman–Crippen LogP) is 0.105. The standard InChI is InChI=1S/C13H16N2O4/c16-8-11(17)7-14-9-1-3-10(4-2-9)15-12(18)5-6-13(15)19/h1-4,11,14,16-17H,5-8H2. The van der Waals surface area contributed by atoms with Gasteiger partial charge >= 0.3 is 0 Å². The Bertz CT molecular complexity index is 456. The fourth-order valence-corrected chi connectivity index (χ4v) is 1.89. The molecule has 19 heavy (non-hydrogen) atoms. The number of carbonyl (C=O) groups excluding carboxylic acids is 2. The number of amides is 2. The van der Waals surface area contributed by atoms with Gasteiger partial charge in [-0.1, -0.05) is 0 Å². The van der Waals surface area contributed by atoms with Crippen molar-refractivity contribution in [2.24, 2.45) is 0 Å². The first kappa shape index (κ1) is 13.5. The summed E-state index contributed by atoms with van der Waals surface area (Å²) in [4.78, 5) is 24.3. The topological polar surface area (TPSA) is 89.9 Å². The Kier molecular flexibility index (Phi) is 4.13. The lowest BCUT2D eigenvalue weighted by atomic mass is 10.2. The maximum atomic E-state index is 11.6. The Balaban J connectivity index is 2.02. The first-order chi connectivity index (χ1) is 9.11. The molecular formula is C13H16N2O4. The number of aliphatic hydroxyl groups excluding tert-OH is 2. The molecule has 2 amide bonds. The summed E-state index contributed by atoms with van der Waals surface area (Å²) < 4.78 is 0. The summed E-state index contributed by atoms with van der Waals surface area (Å²) in [5, 5.41) is 20.8. The summed E-state index contributed by atoms with van der Waals surface area (Å²) in [5.41, 5.74) is 1.30. The summed E-state index contributed by atoms with van der Waals surface area (Å²) in [6.45, 7) is -0.0702. The first-order valence-corrected chi connectivity index (χ1v) is 6.10. The molecule has 1 aromatic carbocycles. The van der Waals surface area contributed by atoms with Gasteiger partial charge in [-0.15, -0.1) is 0 Å². The molecule has 0 saturated carbocycles. The number of carbonyl (C=O) groups is 2. The van der Waals surface area contributed by atoms with Gasteiger partial charge in [-0.05, 0) is 24.3 Å². The number of nitrogens with one attached hydrogen (secondary N) is 1. The summed E-state index contributed by atoms with van der Waals surface area (Å²) in [6, 6.07) is 6.79. The zero-order valence-corrected chi connectivity index (χ0v) is 10.4. The summed E-state index contributed by atoms with van der Waals surface area (Å²) in [6.07, 6.45) is -0.287. The smallest absolute Gasteiger partial charge is 0.234 e. The van der Waals surface area contributed by atoms with Crippen molar-refractivity contribution in [2.45, 2.75) is 18.9 Å². The van der Waals surface area contributed by atoms with Crippen LogP contribution in [0.1, 0.15) is 12.8 Å². The predicted molar refractivity (Wildman–Crippen MR) is 69.8 cm³/mol. The summed E-state index contributed by atoms with van der Waals surface area (Å²) in [7, 11) is 0. The highest BCUT2D eigenvalue weighted by Crippen LogP contribution is 2.23. The Hall–Kier alpha value is -1.92. The van der Waals surface area contributed by atoms with Crippen LogP contribution >= 0.6 is 0 Å². The molecule has 1 aliphatic rings. The second kappa shape index (κ2) is 5.81. The molecule has 1 unspecified atom stereocenters. The van der Waals surface area contributed by atoms with Gasteiger partial charge in [-0.25, -0.2) is 0 Å². The number of rotatable bonds is 5. The van der Waals surface area contributed by atoms with Crippen molar-refractivity contribution >= 4 is 23.2 Å². The maximum absolute atomic E-state index is 11.6. The molecule has 0 radical (unpaired) electrons. The molecule has 1 aliphatic heterocycles. The van der Waals surface area contributed by atoms with Crippen molar-refractivity contribution in [1.29, 1.82) is 0 Å². The van der Waals surface area contributed by atoms with Crippen LogP contribution in [-0.4, -0.2) is 41.3 Å². The van der Waals surface area contributed by atoms with Crippen LogP contribution in [0, 0.1) is 0 Å². The van der Waals surface area contributed by atoms with Crippen molar-refractivity contribution in [3.8, 4) is 0 Å². The van der Waals surface area contributed by atoms with Crippen molar-refractivity contribution in [3.63, 3.8) is 0 Å². The fourth-order valence-electron chi connectivity index (χ4n) is 1.89. The number of nitrogens with zero attached hydrogens (tertiary/aromatic N) is 1. The van der Waals surface area contributed by atoms with Crippen LogP contribution in [-0.2, 0) is 9.59 Å². The number of imide groups is 1. The van der Waals surface area contributed by atoms with E-state index in [1.165, 1.54) is 4.90 Å². The highest BCUT2D eigenvalue weighted by molar-refractivity contribution is 6.19. The molecule has 3 N–H and O–H groups in total. The average Bonchev–Trinajstić information content (AvgIpc) is 2.76. The normalized spacial score (nSPS) is 16.8.